The molecule has 0 aliphatic heterocycles. The number of benzene rings is 1. The molecule has 0 bridgehead atoms. The Kier molecular flexibility index (Phi) is 2.72. The minimum Gasteiger partial charge on any atom is -0.504 e. The van der Waals surface area contributed by atoms with Crippen LogP contribution in [-0.2, 0) is 0 Å². The molecule has 1 heterocycles. The molecule has 2 rings (SSSR count). The zero-order chi connectivity index (χ0) is 12.6. The van der Waals surface area contributed by atoms with Gasteiger partial charge in [-0.1, -0.05) is 16.8 Å². The minimum atomic E-state index is -1.32. The van der Waals surface area contributed by atoms with Gasteiger partial charge in [0.25, 0.3) is 0 Å². The molecule has 0 aliphatic carbocycles. The molecule has 0 fully saturated rings. The molecular weight excluding hydrogens is 253 g/mol. The normalized spacial score (nSPS) is 10.5. The number of nitrogens with zero attached hydrogens (tertiary/aromatic N) is 1. The second-order valence-corrected chi connectivity index (χ2v) is 3.54. The summed E-state index contributed by atoms with van der Waals surface area (Å²) in [7, 11) is 0. The monoisotopic (exact) mass is 257 g/mol. The summed E-state index contributed by atoms with van der Waals surface area (Å²) in [6.45, 7) is 0. The number of hydrogen-bond acceptors (Lipinski definition) is 4. The number of hydrogen-bond donors (Lipinski definition) is 2. The predicted molar refractivity (Wildman–Crippen MR) is 55.5 cm³/mol. The van der Waals surface area contributed by atoms with Crippen LogP contribution in [-0.4, -0.2) is 21.3 Å². The van der Waals surface area contributed by atoms with Crippen molar-refractivity contribution in [3.05, 3.63) is 34.8 Å². The van der Waals surface area contributed by atoms with Crippen molar-refractivity contribution in [3.8, 4) is 17.0 Å². The molecule has 0 saturated carbocycles. The van der Waals surface area contributed by atoms with Gasteiger partial charge in [0, 0.05) is 6.07 Å². The zero-order valence-electron chi connectivity index (χ0n) is 8.15. The summed E-state index contributed by atoms with van der Waals surface area (Å²) in [5, 5.41) is 21.6. The number of aromatic hydroxyl groups is 1. The van der Waals surface area contributed by atoms with Gasteiger partial charge in [0.05, 0.1) is 10.6 Å². The number of carboxylic acids is 1. The van der Waals surface area contributed by atoms with Crippen LogP contribution in [0, 0.1) is 5.82 Å². The Balaban J connectivity index is 2.60. The van der Waals surface area contributed by atoms with E-state index >= 15 is 0 Å². The number of aromatic nitrogens is 1. The molecule has 7 heteroatoms. The first-order valence-corrected chi connectivity index (χ1v) is 4.76. The molecule has 0 unspecified atom stereocenters. The summed E-state index contributed by atoms with van der Waals surface area (Å²) >= 11 is 5.77. The quantitative estimate of drug-likeness (QED) is 0.864. The number of halogens is 2. The predicted octanol–water partition coefficient (Wildman–Crippen LogP) is 2.54. The van der Waals surface area contributed by atoms with Crippen molar-refractivity contribution in [3.63, 3.8) is 0 Å². The third-order valence-corrected chi connectivity index (χ3v) is 2.37. The Morgan fingerprint density at radius 1 is 1.47 bits per heavy atom. The van der Waals surface area contributed by atoms with Gasteiger partial charge in [-0.2, -0.15) is 0 Å². The Hall–Kier alpha value is -2.08. The first kappa shape index (κ1) is 11.4. The minimum absolute atomic E-state index is 0.0362. The molecule has 2 N–H and O–H groups in total. The molecule has 0 aliphatic rings. The number of rotatable bonds is 2. The van der Waals surface area contributed by atoms with Gasteiger partial charge in [-0.15, -0.1) is 0 Å². The highest BCUT2D eigenvalue weighted by Gasteiger charge is 2.19. The number of phenolic OH excluding ortho intramolecular Hbond substituents is 1. The summed E-state index contributed by atoms with van der Waals surface area (Å²) in [6.07, 6.45) is 0. The van der Waals surface area contributed by atoms with Gasteiger partial charge in [0.15, 0.2) is 11.6 Å². The lowest BCUT2D eigenvalue weighted by Crippen LogP contribution is -1.91. The van der Waals surface area contributed by atoms with Gasteiger partial charge >= 0.3 is 5.97 Å². The van der Waals surface area contributed by atoms with E-state index < -0.39 is 23.3 Å². The lowest BCUT2D eigenvalue weighted by molar-refractivity contribution is 0.0652. The fourth-order valence-electron chi connectivity index (χ4n) is 1.28. The van der Waals surface area contributed by atoms with Crippen LogP contribution in [0.15, 0.2) is 22.7 Å². The molecule has 88 valence electrons. The smallest absolute Gasteiger partial charge is 0.374 e. The molecular formula is C10H5ClFNO4. The van der Waals surface area contributed by atoms with E-state index in [4.69, 9.17) is 16.7 Å². The molecule has 1 aromatic heterocycles. The highest BCUT2D eigenvalue weighted by molar-refractivity contribution is 6.33. The second kappa shape index (κ2) is 4.06. The standard InChI is InChI=1S/C10H5ClFNO4/c11-4-1-2-5(12)9(14)8(4)6-3-7(10(15)16)17-13-6/h1-3,14H,(H,15,16). The Morgan fingerprint density at radius 2 is 2.18 bits per heavy atom. The SMILES string of the molecule is O=C(O)c1cc(-c2c(Cl)ccc(F)c2O)no1. The highest BCUT2D eigenvalue weighted by Crippen LogP contribution is 2.37. The average Bonchev–Trinajstić information content (AvgIpc) is 2.73. The third-order valence-electron chi connectivity index (χ3n) is 2.05. The average molecular weight is 258 g/mol. The maximum absolute atomic E-state index is 13.1. The molecule has 17 heavy (non-hydrogen) atoms. The van der Waals surface area contributed by atoms with Crippen LogP contribution in [0.4, 0.5) is 4.39 Å². The van der Waals surface area contributed by atoms with Crippen molar-refractivity contribution in [2.45, 2.75) is 0 Å². The fourth-order valence-corrected chi connectivity index (χ4v) is 1.53. The van der Waals surface area contributed by atoms with Crippen molar-refractivity contribution in [1.82, 2.24) is 5.16 Å². The van der Waals surface area contributed by atoms with E-state index in [2.05, 4.69) is 9.68 Å². The maximum Gasteiger partial charge on any atom is 0.374 e. The van der Waals surface area contributed by atoms with Crippen molar-refractivity contribution in [2.75, 3.05) is 0 Å². The summed E-state index contributed by atoms with van der Waals surface area (Å²) in [5.74, 6) is -3.34. The van der Waals surface area contributed by atoms with Crippen molar-refractivity contribution < 1.29 is 23.9 Å². The Morgan fingerprint density at radius 3 is 2.76 bits per heavy atom. The molecule has 5 nitrogen and oxygen atoms in total. The molecule has 0 atom stereocenters. The van der Waals surface area contributed by atoms with E-state index in [0.717, 1.165) is 12.1 Å². The first-order chi connectivity index (χ1) is 8.00. The van der Waals surface area contributed by atoms with Gasteiger partial charge in [-0.25, -0.2) is 9.18 Å². The molecule has 1 aromatic carbocycles. The van der Waals surface area contributed by atoms with Crippen LogP contribution >= 0.6 is 11.6 Å². The summed E-state index contributed by atoms with van der Waals surface area (Å²) in [5.41, 5.74) is -0.160. The van der Waals surface area contributed by atoms with Crippen LogP contribution in [0.1, 0.15) is 10.6 Å². The van der Waals surface area contributed by atoms with Crippen LogP contribution in [0.2, 0.25) is 5.02 Å². The molecule has 0 saturated heterocycles. The van der Waals surface area contributed by atoms with Gasteiger partial charge in [0.1, 0.15) is 5.69 Å². The summed E-state index contributed by atoms with van der Waals surface area (Å²) in [6, 6.07) is 3.25. The topological polar surface area (TPSA) is 83.6 Å². The Labute approximate surface area is 99.0 Å². The third kappa shape index (κ3) is 1.94. The van der Waals surface area contributed by atoms with Gasteiger partial charge in [-0.05, 0) is 12.1 Å². The van der Waals surface area contributed by atoms with Crippen LogP contribution < -0.4 is 0 Å². The van der Waals surface area contributed by atoms with E-state index in [1.807, 2.05) is 0 Å². The van der Waals surface area contributed by atoms with E-state index in [0.29, 0.717) is 0 Å². The molecule has 0 spiro atoms. The zero-order valence-corrected chi connectivity index (χ0v) is 8.90. The highest BCUT2D eigenvalue weighted by atomic mass is 35.5. The number of carbonyl (C=O) groups is 1. The van der Waals surface area contributed by atoms with E-state index in [9.17, 15) is 14.3 Å². The molecule has 0 radical (unpaired) electrons. The fraction of sp³-hybridized carbons (Fsp3) is 0. The Bertz CT molecular complexity index is 596. The van der Waals surface area contributed by atoms with Gasteiger partial charge < -0.3 is 14.7 Å². The largest absolute Gasteiger partial charge is 0.504 e. The molecule has 2 aromatic rings. The van der Waals surface area contributed by atoms with Crippen LogP contribution in [0.3, 0.4) is 0 Å². The lowest BCUT2D eigenvalue weighted by atomic mass is 10.1. The number of aromatic carboxylic acids is 1. The number of phenols is 1. The maximum atomic E-state index is 13.1. The summed E-state index contributed by atoms with van der Waals surface area (Å²) in [4.78, 5) is 10.6. The van der Waals surface area contributed by atoms with E-state index in [-0.39, 0.29) is 16.3 Å². The van der Waals surface area contributed by atoms with E-state index in [1.54, 1.807) is 0 Å². The lowest BCUT2D eigenvalue weighted by Gasteiger charge is -2.03. The summed E-state index contributed by atoms with van der Waals surface area (Å²) < 4.78 is 17.6. The van der Waals surface area contributed by atoms with Crippen molar-refractivity contribution in [2.24, 2.45) is 0 Å². The van der Waals surface area contributed by atoms with Gasteiger partial charge in [0.2, 0.25) is 5.76 Å². The van der Waals surface area contributed by atoms with E-state index in [1.165, 1.54) is 6.07 Å². The van der Waals surface area contributed by atoms with Crippen LogP contribution in [0.25, 0.3) is 11.3 Å². The second-order valence-electron chi connectivity index (χ2n) is 3.13. The molecule has 0 amide bonds. The van der Waals surface area contributed by atoms with Gasteiger partial charge in [-0.3, -0.25) is 0 Å². The number of carboxylic acid groups (broad SMARTS) is 1. The van der Waals surface area contributed by atoms with Crippen molar-refractivity contribution >= 4 is 17.6 Å². The van der Waals surface area contributed by atoms with Crippen LogP contribution in [0.5, 0.6) is 5.75 Å². The van der Waals surface area contributed by atoms with Crippen molar-refractivity contribution in [1.29, 1.82) is 0 Å². The first-order valence-electron chi connectivity index (χ1n) is 4.38.